The monoisotopic (exact) mass is 464 g/mol. The molecule has 0 aromatic rings. The quantitative estimate of drug-likeness (QED) is 0.251. The highest BCUT2D eigenvalue weighted by atomic mass is 127. The lowest BCUT2D eigenvalue weighted by Gasteiger charge is -2.18. The molecule has 1 heterocycles. The molecular weight excluding hydrogens is 443 g/mol. The smallest absolute Gasteiger partial charge is 0.344 e. The summed E-state index contributed by atoms with van der Waals surface area (Å²) in [5.41, 5.74) is 0. The van der Waals surface area contributed by atoms with Crippen molar-refractivity contribution in [1.82, 2.24) is 0 Å². The first-order chi connectivity index (χ1) is 10.5. The second kappa shape index (κ2) is 8.08. The van der Waals surface area contributed by atoms with Crippen LogP contribution in [-0.2, 0) is 33.4 Å². The molecule has 1 saturated heterocycles. The molecule has 0 aromatic heterocycles. The molecule has 23 heavy (non-hydrogen) atoms. The van der Waals surface area contributed by atoms with E-state index in [1.807, 2.05) is 29.5 Å². The summed E-state index contributed by atoms with van der Waals surface area (Å²) < 4.78 is 36.9. The van der Waals surface area contributed by atoms with Gasteiger partial charge in [0.05, 0.1) is 0 Å². The van der Waals surface area contributed by atoms with Gasteiger partial charge in [-0.25, -0.2) is 4.79 Å². The lowest BCUT2D eigenvalue weighted by Crippen LogP contribution is -2.35. The third kappa shape index (κ3) is 5.26. The first kappa shape index (κ1) is 20.6. The molecule has 1 aliphatic heterocycles. The zero-order valence-corrected chi connectivity index (χ0v) is 16.1. The van der Waals surface area contributed by atoms with Crippen molar-refractivity contribution in [3.63, 3.8) is 0 Å². The predicted octanol–water partition coefficient (Wildman–Crippen LogP) is 0.545. The number of ether oxygens (including phenoxy) is 2. The van der Waals surface area contributed by atoms with E-state index >= 15 is 0 Å². The fourth-order valence-corrected chi connectivity index (χ4v) is 3.66. The molecule has 0 aliphatic carbocycles. The summed E-state index contributed by atoms with van der Waals surface area (Å²) in [6.07, 6.45) is -1.68. The molecule has 0 saturated carbocycles. The SMILES string of the molecule is CCC1C(O)C(COC(=O)COC(=O)C(C)(I)CC)OS1(=O)=O. The van der Waals surface area contributed by atoms with E-state index in [-0.39, 0.29) is 6.42 Å². The highest BCUT2D eigenvalue weighted by Crippen LogP contribution is 2.27. The van der Waals surface area contributed by atoms with Crippen molar-refractivity contribution in [2.75, 3.05) is 13.2 Å². The molecule has 1 aliphatic rings. The summed E-state index contributed by atoms with van der Waals surface area (Å²) in [6.45, 7) is 4.10. The van der Waals surface area contributed by atoms with E-state index < -0.39 is 56.2 Å². The van der Waals surface area contributed by atoms with Crippen LogP contribution >= 0.6 is 22.6 Å². The van der Waals surface area contributed by atoms with E-state index in [9.17, 15) is 23.1 Å². The number of halogens is 1. The second-order valence-corrected chi connectivity index (χ2v) is 9.54. The van der Waals surface area contributed by atoms with Gasteiger partial charge in [0.2, 0.25) is 0 Å². The zero-order chi connectivity index (χ0) is 17.8. The van der Waals surface area contributed by atoms with Gasteiger partial charge in [-0.15, -0.1) is 0 Å². The maximum Gasteiger partial charge on any atom is 0.344 e. The van der Waals surface area contributed by atoms with Crippen LogP contribution in [-0.4, -0.2) is 59.6 Å². The Morgan fingerprint density at radius 2 is 1.91 bits per heavy atom. The highest BCUT2D eigenvalue weighted by molar-refractivity contribution is 14.1. The number of aliphatic hydroxyl groups is 1. The number of hydrogen-bond acceptors (Lipinski definition) is 8. The van der Waals surface area contributed by atoms with Gasteiger partial charge in [0.25, 0.3) is 10.1 Å². The Kier molecular flexibility index (Phi) is 7.23. The molecule has 0 aromatic carbocycles. The lowest BCUT2D eigenvalue weighted by molar-refractivity contribution is -0.161. The maximum atomic E-state index is 11.7. The topological polar surface area (TPSA) is 116 Å². The molecule has 1 rings (SSSR count). The van der Waals surface area contributed by atoms with Crippen molar-refractivity contribution < 1.29 is 36.8 Å². The average Bonchev–Trinajstić information content (AvgIpc) is 2.70. The number of alkyl halides is 1. The van der Waals surface area contributed by atoms with Crippen LogP contribution in [0.15, 0.2) is 0 Å². The first-order valence-corrected chi connectivity index (χ1v) is 9.72. The van der Waals surface area contributed by atoms with Crippen molar-refractivity contribution >= 4 is 44.6 Å². The van der Waals surface area contributed by atoms with E-state index in [0.29, 0.717) is 6.42 Å². The van der Waals surface area contributed by atoms with Gasteiger partial charge in [-0.05, 0) is 19.8 Å². The Balaban J connectivity index is 2.45. The van der Waals surface area contributed by atoms with Gasteiger partial charge in [-0.1, -0.05) is 36.4 Å². The Hall–Kier alpha value is -0.460. The zero-order valence-electron chi connectivity index (χ0n) is 13.2. The molecule has 0 bridgehead atoms. The summed E-state index contributed by atoms with van der Waals surface area (Å²) in [5.74, 6) is -1.38. The van der Waals surface area contributed by atoms with Gasteiger partial charge in [-0.3, -0.25) is 8.98 Å². The predicted molar refractivity (Wildman–Crippen MR) is 88.5 cm³/mol. The van der Waals surface area contributed by atoms with Crippen LogP contribution in [0.4, 0.5) is 0 Å². The van der Waals surface area contributed by atoms with Crippen molar-refractivity contribution in [2.24, 2.45) is 0 Å². The molecule has 1 N–H and O–H groups in total. The van der Waals surface area contributed by atoms with Crippen LogP contribution in [0.5, 0.6) is 0 Å². The average molecular weight is 464 g/mol. The van der Waals surface area contributed by atoms with E-state index in [1.54, 1.807) is 13.8 Å². The summed E-state index contributed by atoms with van der Waals surface area (Å²) in [5, 5.41) is 8.84. The standard InChI is InChI=1S/C13H21IO8S/c1-4-9-11(16)8(22-23(9,18)19)6-20-10(15)7-21-12(17)13(3,14)5-2/h8-9,11,16H,4-7H2,1-3H3. The van der Waals surface area contributed by atoms with Crippen LogP contribution in [0.1, 0.15) is 33.6 Å². The molecule has 0 spiro atoms. The van der Waals surface area contributed by atoms with Crippen LogP contribution in [0.2, 0.25) is 0 Å². The Bertz CT molecular complexity index is 544. The number of hydrogen-bond donors (Lipinski definition) is 1. The van der Waals surface area contributed by atoms with Crippen molar-refractivity contribution in [2.45, 2.75) is 54.5 Å². The van der Waals surface area contributed by atoms with E-state index in [4.69, 9.17) is 13.7 Å². The fourth-order valence-electron chi connectivity index (χ4n) is 1.92. The minimum absolute atomic E-state index is 0.191. The third-order valence-electron chi connectivity index (χ3n) is 3.61. The number of aliphatic hydroxyl groups excluding tert-OH is 1. The van der Waals surface area contributed by atoms with Crippen LogP contribution < -0.4 is 0 Å². The number of carbonyl (C=O) groups excluding carboxylic acids is 2. The van der Waals surface area contributed by atoms with Crippen molar-refractivity contribution in [3.05, 3.63) is 0 Å². The highest BCUT2D eigenvalue weighted by Gasteiger charge is 2.47. The molecule has 10 heteroatoms. The Labute approximate surface area is 149 Å². The van der Waals surface area contributed by atoms with Crippen molar-refractivity contribution in [3.8, 4) is 0 Å². The van der Waals surface area contributed by atoms with Crippen LogP contribution in [0, 0.1) is 0 Å². The minimum atomic E-state index is -3.86. The van der Waals surface area contributed by atoms with E-state index in [2.05, 4.69) is 0 Å². The fraction of sp³-hybridized carbons (Fsp3) is 0.846. The summed E-state index contributed by atoms with van der Waals surface area (Å²) in [6, 6.07) is 0. The van der Waals surface area contributed by atoms with Crippen LogP contribution in [0.25, 0.3) is 0 Å². The molecule has 4 atom stereocenters. The molecule has 8 nitrogen and oxygen atoms in total. The lowest BCUT2D eigenvalue weighted by atomic mass is 10.1. The van der Waals surface area contributed by atoms with E-state index in [0.717, 1.165) is 0 Å². The third-order valence-corrected chi connectivity index (χ3v) is 6.68. The molecular formula is C13H21IO8S. The number of esters is 2. The maximum absolute atomic E-state index is 11.7. The Morgan fingerprint density at radius 3 is 2.39 bits per heavy atom. The molecule has 0 radical (unpaired) electrons. The minimum Gasteiger partial charge on any atom is -0.460 e. The summed E-state index contributed by atoms with van der Waals surface area (Å²) >= 11 is 1.93. The van der Waals surface area contributed by atoms with Gasteiger partial charge in [0.15, 0.2) is 6.61 Å². The number of carbonyl (C=O) groups is 2. The van der Waals surface area contributed by atoms with Gasteiger partial charge in [0, 0.05) is 0 Å². The summed E-state index contributed by atoms with van der Waals surface area (Å²) in [7, 11) is -3.86. The molecule has 4 unspecified atom stereocenters. The van der Waals surface area contributed by atoms with Gasteiger partial charge in [-0.2, -0.15) is 8.42 Å². The van der Waals surface area contributed by atoms with Gasteiger partial charge < -0.3 is 14.6 Å². The summed E-state index contributed by atoms with van der Waals surface area (Å²) in [4.78, 5) is 23.2. The van der Waals surface area contributed by atoms with Gasteiger partial charge in [0.1, 0.15) is 27.5 Å². The van der Waals surface area contributed by atoms with E-state index in [1.165, 1.54) is 0 Å². The normalized spacial score (nSPS) is 28.8. The van der Waals surface area contributed by atoms with Gasteiger partial charge >= 0.3 is 11.9 Å². The first-order valence-electron chi connectivity index (χ1n) is 7.17. The van der Waals surface area contributed by atoms with Crippen molar-refractivity contribution in [1.29, 1.82) is 0 Å². The molecule has 134 valence electrons. The Morgan fingerprint density at radius 1 is 1.30 bits per heavy atom. The van der Waals surface area contributed by atoms with Crippen LogP contribution in [0.3, 0.4) is 0 Å². The number of rotatable bonds is 7. The largest absolute Gasteiger partial charge is 0.460 e. The molecule has 1 fully saturated rings. The molecule has 0 amide bonds. The second-order valence-electron chi connectivity index (χ2n) is 5.37.